The first-order valence-electron chi connectivity index (χ1n) is 18.0. The smallest absolute Gasteiger partial charge is 0.266 e. The average molecular weight is 718 g/mol. The van der Waals surface area contributed by atoms with Crippen molar-refractivity contribution in [3.05, 3.63) is 114 Å². The summed E-state index contributed by atoms with van der Waals surface area (Å²) in [6.45, 7) is 6.35. The van der Waals surface area contributed by atoms with E-state index in [-0.39, 0.29) is 43.3 Å². The second-order valence-electron chi connectivity index (χ2n) is 14.9. The van der Waals surface area contributed by atoms with Crippen molar-refractivity contribution in [1.82, 2.24) is 4.90 Å². The van der Waals surface area contributed by atoms with Crippen LogP contribution in [0.15, 0.2) is 97.1 Å². The SMILES string of the molecule is C[C@@H]1[C@@H]([Si](C)(C)O)[C@H](CC(=O)N2CCC[C@H]2CO)O[C@@]12C(=O)N(Cc1cccc(N3C(=O)c4ccccc4Oc4ccccc43)c1)c1ccccc12. The van der Waals surface area contributed by atoms with Gasteiger partial charge in [-0.05, 0) is 74.0 Å². The molecule has 52 heavy (non-hydrogen) atoms. The van der Waals surface area contributed by atoms with Gasteiger partial charge >= 0.3 is 0 Å². The van der Waals surface area contributed by atoms with Gasteiger partial charge in [-0.3, -0.25) is 19.3 Å². The molecule has 2 saturated heterocycles. The molecule has 4 aromatic carbocycles. The molecule has 2 fully saturated rings. The first-order valence-corrected chi connectivity index (χ1v) is 21.1. The Bertz CT molecular complexity index is 2070. The van der Waals surface area contributed by atoms with Crippen LogP contribution in [0.25, 0.3) is 0 Å². The van der Waals surface area contributed by atoms with Crippen molar-refractivity contribution in [1.29, 1.82) is 0 Å². The molecule has 4 aliphatic heterocycles. The Morgan fingerprint density at radius 2 is 1.63 bits per heavy atom. The molecule has 0 unspecified atom stereocenters. The Morgan fingerprint density at radius 1 is 0.923 bits per heavy atom. The van der Waals surface area contributed by atoms with Gasteiger partial charge in [-0.1, -0.05) is 61.5 Å². The number of ether oxygens (including phenoxy) is 2. The number of para-hydroxylation sites is 4. The van der Waals surface area contributed by atoms with Gasteiger partial charge in [-0.15, -0.1) is 0 Å². The third-order valence-electron chi connectivity index (χ3n) is 11.3. The molecule has 0 saturated carbocycles. The maximum atomic E-state index is 15.0. The standard InChI is InChI=1S/C41H43N3O7Si/c1-26-38(52(2,3)49)36(23-37(46)42-21-11-14-29(42)25-45)51-41(26)31-16-5-6-17-32(31)43(40(41)48)24-27-12-10-13-28(22-27)44-33-18-7-9-20-35(33)50-34-19-8-4-15-30(34)39(44)47/h4-10,12-13,15-20,22,26,29,36,38,45,49H,11,14,21,23-25H2,1-3H3/t26-,29+,36+,38-,41+/m1/s1. The summed E-state index contributed by atoms with van der Waals surface area (Å²) < 4.78 is 13.1. The van der Waals surface area contributed by atoms with E-state index in [0.717, 1.165) is 24.0 Å². The van der Waals surface area contributed by atoms with E-state index in [4.69, 9.17) is 9.47 Å². The molecule has 0 bridgehead atoms. The lowest BCUT2D eigenvalue weighted by Gasteiger charge is -2.32. The normalized spacial score (nSPS) is 25.2. The Labute approximate surface area is 304 Å². The fourth-order valence-corrected chi connectivity index (χ4v) is 11.6. The highest BCUT2D eigenvalue weighted by atomic mass is 28.4. The number of carbonyl (C=O) groups excluding carboxylic acids is 3. The minimum absolute atomic E-state index is 0.0277. The monoisotopic (exact) mass is 717 g/mol. The van der Waals surface area contributed by atoms with Crippen LogP contribution in [-0.4, -0.2) is 66.1 Å². The fourth-order valence-electron chi connectivity index (χ4n) is 9.07. The van der Waals surface area contributed by atoms with E-state index in [1.54, 1.807) is 26.8 Å². The van der Waals surface area contributed by atoms with E-state index in [1.165, 1.54) is 0 Å². The first-order chi connectivity index (χ1) is 25.0. The molecule has 5 atom stereocenters. The van der Waals surface area contributed by atoms with E-state index in [1.807, 2.05) is 105 Å². The molecule has 4 aromatic rings. The van der Waals surface area contributed by atoms with Gasteiger partial charge in [-0.2, -0.15) is 0 Å². The number of amides is 3. The minimum Gasteiger partial charge on any atom is -0.454 e. The fraction of sp³-hybridized carbons (Fsp3) is 0.341. The van der Waals surface area contributed by atoms with Crippen molar-refractivity contribution in [2.75, 3.05) is 23.0 Å². The van der Waals surface area contributed by atoms with Crippen LogP contribution < -0.4 is 14.5 Å². The Kier molecular flexibility index (Phi) is 8.57. The van der Waals surface area contributed by atoms with Gasteiger partial charge in [0, 0.05) is 29.3 Å². The molecule has 10 nitrogen and oxygen atoms in total. The van der Waals surface area contributed by atoms with Crippen molar-refractivity contribution in [2.24, 2.45) is 5.92 Å². The molecule has 0 radical (unpaired) electrons. The van der Waals surface area contributed by atoms with E-state index in [0.29, 0.717) is 40.7 Å². The molecular formula is C41H43N3O7Si. The molecular weight excluding hydrogens is 675 g/mol. The highest BCUT2D eigenvalue weighted by Gasteiger charge is 2.66. The third-order valence-corrected chi connectivity index (χ3v) is 13.8. The number of likely N-dealkylation sites (tertiary alicyclic amines) is 1. The van der Waals surface area contributed by atoms with Gasteiger partial charge in [-0.25, -0.2) is 0 Å². The van der Waals surface area contributed by atoms with Crippen LogP contribution in [0.5, 0.6) is 11.5 Å². The molecule has 268 valence electrons. The second kappa shape index (κ2) is 13.0. The number of aliphatic hydroxyl groups excluding tert-OH is 1. The quantitative estimate of drug-likeness (QED) is 0.210. The molecule has 1 spiro atoms. The predicted octanol–water partition coefficient (Wildman–Crippen LogP) is 6.49. The number of fused-ring (bicyclic) bond motifs is 4. The summed E-state index contributed by atoms with van der Waals surface area (Å²) in [4.78, 5) is 59.5. The molecule has 8 rings (SSSR count). The lowest BCUT2D eigenvalue weighted by Crippen LogP contribution is -2.46. The molecule has 4 heterocycles. The number of rotatable bonds is 7. The molecule has 4 aliphatic rings. The van der Waals surface area contributed by atoms with Crippen LogP contribution in [0.2, 0.25) is 18.6 Å². The zero-order valence-electron chi connectivity index (χ0n) is 29.6. The second-order valence-corrected chi connectivity index (χ2v) is 18.9. The van der Waals surface area contributed by atoms with Crippen molar-refractivity contribution in [2.45, 2.75) is 69.1 Å². The average Bonchev–Trinajstić information content (AvgIpc) is 3.77. The van der Waals surface area contributed by atoms with Gasteiger partial charge in [0.25, 0.3) is 11.8 Å². The lowest BCUT2D eigenvalue weighted by atomic mass is 9.82. The van der Waals surface area contributed by atoms with Crippen LogP contribution >= 0.6 is 0 Å². The Hall–Kier alpha value is -4.81. The summed E-state index contributed by atoms with van der Waals surface area (Å²) in [6, 6.07) is 29.6. The number of carbonyl (C=O) groups is 3. The number of anilines is 3. The zero-order chi connectivity index (χ0) is 36.4. The molecule has 3 amide bonds. The van der Waals surface area contributed by atoms with Crippen molar-refractivity contribution in [3.63, 3.8) is 0 Å². The number of benzene rings is 4. The summed E-state index contributed by atoms with van der Waals surface area (Å²) >= 11 is 0. The summed E-state index contributed by atoms with van der Waals surface area (Å²) in [5.41, 5.74) is 2.13. The Morgan fingerprint density at radius 3 is 2.40 bits per heavy atom. The van der Waals surface area contributed by atoms with Crippen molar-refractivity contribution in [3.8, 4) is 11.5 Å². The minimum atomic E-state index is -2.98. The maximum absolute atomic E-state index is 15.0. The molecule has 11 heteroatoms. The lowest BCUT2D eigenvalue weighted by molar-refractivity contribution is -0.150. The van der Waals surface area contributed by atoms with Crippen LogP contribution in [0.4, 0.5) is 17.1 Å². The number of aliphatic hydroxyl groups is 1. The molecule has 0 aliphatic carbocycles. The largest absolute Gasteiger partial charge is 0.454 e. The predicted molar refractivity (Wildman–Crippen MR) is 199 cm³/mol. The van der Waals surface area contributed by atoms with Gasteiger partial charge in [0.05, 0.1) is 48.7 Å². The van der Waals surface area contributed by atoms with Gasteiger partial charge < -0.3 is 29.2 Å². The molecule has 0 aromatic heterocycles. The summed E-state index contributed by atoms with van der Waals surface area (Å²) in [5, 5.41) is 9.90. The molecule has 2 N–H and O–H groups in total. The summed E-state index contributed by atoms with van der Waals surface area (Å²) in [7, 11) is -2.98. The van der Waals surface area contributed by atoms with Crippen LogP contribution in [0, 0.1) is 5.92 Å². The van der Waals surface area contributed by atoms with Crippen LogP contribution in [0.3, 0.4) is 0 Å². The van der Waals surface area contributed by atoms with Gasteiger partial charge in [0.15, 0.2) is 19.7 Å². The maximum Gasteiger partial charge on any atom is 0.266 e. The van der Waals surface area contributed by atoms with Crippen LogP contribution in [-0.2, 0) is 26.5 Å². The topological polar surface area (TPSA) is 120 Å². The third kappa shape index (κ3) is 5.45. The van der Waals surface area contributed by atoms with E-state index in [2.05, 4.69) is 0 Å². The number of nitrogens with zero attached hydrogens (tertiary/aromatic N) is 3. The zero-order valence-corrected chi connectivity index (χ0v) is 30.6. The van der Waals surface area contributed by atoms with E-state index < -0.39 is 31.5 Å². The van der Waals surface area contributed by atoms with Gasteiger partial charge in [0.2, 0.25) is 5.91 Å². The summed E-state index contributed by atoms with van der Waals surface area (Å²) in [5.74, 6) is 0.0278. The number of hydrogen-bond donors (Lipinski definition) is 2. The first kappa shape index (κ1) is 34.3. The van der Waals surface area contributed by atoms with Crippen molar-refractivity contribution >= 4 is 43.1 Å². The number of hydrogen-bond acceptors (Lipinski definition) is 7. The van der Waals surface area contributed by atoms with E-state index in [9.17, 15) is 24.3 Å². The van der Waals surface area contributed by atoms with Gasteiger partial charge in [0.1, 0.15) is 5.75 Å². The highest BCUT2D eigenvalue weighted by molar-refractivity contribution is 6.71. The van der Waals surface area contributed by atoms with Crippen molar-refractivity contribution < 1.29 is 33.8 Å². The van der Waals surface area contributed by atoms with E-state index >= 15 is 0 Å². The summed E-state index contributed by atoms with van der Waals surface area (Å²) in [6.07, 6.45) is 0.932. The van der Waals surface area contributed by atoms with Crippen LogP contribution in [0.1, 0.15) is 47.7 Å². The highest BCUT2D eigenvalue weighted by Crippen LogP contribution is 2.60. The Balaban J connectivity index is 1.13.